The van der Waals surface area contributed by atoms with Crippen LogP contribution in [0.15, 0.2) is 40.7 Å². The Balaban J connectivity index is 2.21. The fourth-order valence-electron chi connectivity index (χ4n) is 2.54. The molecule has 136 valence electrons. The van der Waals surface area contributed by atoms with Crippen molar-refractivity contribution in [2.45, 2.75) is 25.3 Å². The first-order chi connectivity index (χ1) is 12.2. The molecule has 0 aliphatic rings. The third-order valence-electron chi connectivity index (χ3n) is 3.69. The van der Waals surface area contributed by atoms with E-state index in [-0.39, 0.29) is 10.8 Å². The van der Waals surface area contributed by atoms with Gasteiger partial charge in [0.15, 0.2) is 14.6 Å². The summed E-state index contributed by atoms with van der Waals surface area (Å²) < 4.78 is 26.2. The molecule has 1 aromatic carbocycles. The third-order valence-corrected chi connectivity index (χ3v) is 6.90. The van der Waals surface area contributed by atoms with Crippen LogP contribution in [-0.4, -0.2) is 30.1 Å². The molecule has 0 fully saturated rings. The van der Waals surface area contributed by atoms with Crippen LogP contribution in [0.25, 0.3) is 10.2 Å². The average molecular weight is 408 g/mol. The summed E-state index contributed by atoms with van der Waals surface area (Å²) in [4.78, 5) is 22.4. The molecule has 0 bridgehead atoms. The molecule has 0 N–H and O–H groups in total. The van der Waals surface area contributed by atoms with Crippen LogP contribution < -0.4 is 4.80 Å². The molecule has 3 aromatic rings. The zero-order valence-electron chi connectivity index (χ0n) is 14.5. The summed E-state index contributed by atoms with van der Waals surface area (Å²) in [5.74, 6) is -0.346. The van der Waals surface area contributed by atoms with E-state index < -0.39 is 9.84 Å². The van der Waals surface area contributed by atoms with E-state index in [4.69, 9.17) is 0 Å². The van der Waals surface area contributed by atoms with Crippen molar-refractivity contribution in [3.8, 4) is 0 Å². The van der Waals surface area contributed by atoms with E-state index in [1.165, 1.54) is 28.9 Å². The Morgan fingerprint density at radius 2 is 2.08 bits per heavy atom. The van der Waals surface area contributed by atoms with Crippen molar-refractivity contribution in [3.05, 3.63) is 51.2 Å². The van der Waals surface area contributed by atoms with E-state index in [0.717, 1.165) is 15.2 Å². The van der Waals surface area contributed by atoms with Crippen molar-refractivity contribution in [2.75, 3.05) is 6.26 Å². The lowest BCUT2D eigenvalue weighted by Gasteiger charge is -2.02. The Labute approximate surface area is 159 Å². The van der Waals surface area contributed by atoms with Gasteiger partial charge in [-0.1, -0.05) is 17.4 Å². The number of aromatic nitrogens is 2. The number of fused-ring (bicyclic) bond motifs is 1. The van der Waals surface area contributed by atoms with Crippen LogP contribution in [0.1, 0.15) is 20.4 Å². The van der Waals surface area contributed by atoms with Gasteiger partial charge < -0.3 is 4.57 Å². The highest BCUT2D eigenvalue weighted by molar-refractivity contribution is 7.90. The summed E-state index contributed by atoms with van der Waals surface area (Å²) in [5, 5.41) is 0.814. The van der Waals surface area contributed by atoms with Gasteiger partial charge in [0, 0.05) is 12.8 Å². The van der Waals surface area contributed by atoms with Crippen molar-refractivity contribution in [2.24, 2.45) is 4.99 Å². The number of benzene rings is 1. The van der Waals surface area contributed by atoms with Crippen molar-refractivity contribution in [1.29, 1.82) is 0 Å². The maximum atomic E-state index is 12.6. The summed E-state index contributed by atoms with van der Waals surface area (Å²) in [5.41, 5.74) is 1.48. The molecule has 0 unspecified atom stereocenters. The smallest absolute Gasteiger partial charge is 0.291 e. The molecule has 9 heteroatoms. The van der Waals surface area contributed by atoms with Crippen LogP contribution in [0, 0.1) is 13.8 Å². The first kappa shape index (κ1) is 18.7. The number of hydrogen-bond donors (Lipinski definition) is 0. The molecule has 6 nitrogen and oxygen atoms in total. The minimum absolute atomic E-state index is 0.240. The zero-order chi connectivity index (χ0) is 19.1. The lowest BCUT2D eigenvalue weighted by Crippen LogP contribution is -2.16. The number of sulfone groups is 1. The number of carbonyl (C=O) groups is 1. The lowest BCUT2D eigenvalue weighted by atomic mass is 10.3. The number of carbonyl (C=O) groups excluding carboxylic acids is 1. The highest BCUT2D eigenvalue weighted by Crippen LogP contribution is 2.23. The van der Waals surface area contributed by atoms with Gasteiger partial charge in [-0.3, -0.25) is 4.79 Å². The molecular formula is C17H17N3O3S3. The fourth-order valence-corrected chi connectivity index (χ4v) is 5.15. The summed E-state index contributed by atoms with van der Waals surface area (Å²) in [7, 11) is -3.31. The number of hydrogen-bond acceptors (Lipinski definition) is 6. The number of amides is 1. The molecule has 0 aliphatic heterocycles. The van der Waals surface area contributed by atoms with E-state index in [1.54, 1.807) is 31.2 Å². The van der Waals surface area contributed by atoms with Crippen LogP contribution in [0.4, 0.5) is 0 Å². The van der Waals surface area contributed by atoms with Crippen molar-refractivity contribution < 1.29 is 13.2 Å². The molecule has 1 amide bonds. The Morgan fingerprint density at radius 1 is 1.35 bits per heavy atom. The van der Waals surface area contributed by atoms with Gasteiger partial charge in [-0.05, 0) is 32.0 Å². The monoisotopic (exact) mass is 407 g/mol. The standard InChI is InChI=1S/C17H17N3O3S3/c1-5-8-20-13-7-6-12(26(4,22)23)9-14(13)25-17(20)19-16(21)15-10(2)18-11(3)24-15/h5-7,9H,1,8H2,2-4H3. The lowest BCUT2D eigenvalue weighted by molar-refractivity contribution is 0.100. The van der Waals surface area contributed by atoms with E-state index in [1.807, 2.05) is 11.5 Å². The molecule has 0 saturated carbocycles. The predicted octanol–water partition coefficient (Wildman–Crippen LogP) is 3.11. The summed E-state index contributed by atoms with van der Waals surface area (Å²) in [6, 6.07) is 4.91. The molecule has 0 spiro atoms. The van der Waals surface area contributed by atoms with Gasteiger partial charge in [0.05, 0.1) is 25.8 Å². The molecular weight excluding hydrogens is 390 g/mol. The molecule has 2 aromatic heterocycles. The third kappa shape index (κ3) is 3.55. The van der Waals surface area contributed by atoms with E-state index in [9.17, 15) is 13.2 Å². The van der Waals surface area contributed by atoms with Gasteiger partial charge in [-0.25, -0.2) is 13.4 Å². The molecule has 0 radical (unpaired) electrons. The van der Waals surface area contributed by atoms with E-state index in [0.29, 0.717) is 21.9 Å². The quantitative estimate of drug-likeness (QED) is 0.622. The Bertz CT molecular complexity index is 1200. The van der Waals surface area contributed by atoms with Gasteiger partial charge in [0.2, 0.25) is 0 Å². The number of aryl methyl sites for hydroxylation is 2. The molecule has 0 atom stereocenters. The number of nitrogens with zero attached hydrogens (tertiary/aromatic N) is 3. The molecule has 26 heavy (non-hydrogen) atoms. The molecule has 2 heterocycles. The maximum absolute atomic E-state index is 12.6. The fraction of sp³-hybridized carbons (Fsp3) is 0.235. The van der Waals surface area contributed by atoms with Crippen LogP contribution in [0.3, 0.4) is 0 Å². The van der Waals surface area contributed by atoms with Crippen molar-refractivity contribution in [3.63, 3.8) is 0 Å². The minimum Gasteiger partial charge on any atom is -0.312 e. The van der Waals surface area contributed by atoms with Crippen LogP contribution in [0.5, 0.6) is 0 Å². The van der Waals surface area contributed by atoms with Gasteiger partial charge >= 0.3 is 0 Å². The number of rotatable bonds is 4. The van der Waals surface area contributed by atoms with Gasteiger partial charge in [0.25, 0.3) is 5.91 Å². The van der Waals surface area contributed by atoms with Crippen molar-refractivity contribution >= 4 is 48.6 Å². The molecule has 0 aliphatic carbocycles. The largest absolute Gasteiger partial charge is 0.312 e. The average Bonchev–Trinajstić information content (AvgIpc) is 3.06. The first-order valence-electron chi connectivity index (χ1n) is 7.68. The van der Waals surface area contributed by atoms with Gasteiger partial charge in [-0.15, -0.1) is 17.9 Å². The predicted molar refractivity (Wildman–Crippen MR) is 105 cm³/mol. The summed E-state index contributed by atoms with van der Waals surface area (Å²) >= 11 is 2.59. The molecule has 0 saturated heterocycles. The zero-order valence-corrected chi connectivity index (χ0v) is 17.0. The van der Waals surface area contributed by atoms with Crippen LogP contribution in [-0.2, 0) is 16.4 Å². The Hall–Kier alpha value is -2.10. The summed E-state index contributed by atoms with van der Waals surface area (Å²) in [6.45, 7) is 7.84. The van der Waals surface area contributed by atoms with E-state index >= 15 is 0 Å². The highest BCUT2D eigenvalue weighted by atomic mass is 32.2. The number of allylic oxidation sites excluding steroid dienone is 1. The van der Waals surface area contributed by atoms with Crippen LogP contribution in [0.2, 0.25) is 0 Å². The maximum Gasteiger partial charge on any atom is 0.291 e. The Kier molecular flexibility index (Phi) is 4.96. The molecule has 3 rings (SSSR count). The second-order valence-electron chi connectivity index (χ2n) is 5.75. The van der Waals surface area contributed by atoms with Crippen molar-refractivity contribution in [1.82, 2.24) is 9.55 Å². The van der Waals surface area contributed by atoms with E-state index in [2.05, 4.69) is 16.6 Å². The summed E-state index contributed by atoms with van der Waals surface area (Å²) in [6.07, 6.45) is 2.88. The topological polar surface area (TPSA) is 81.4 Å². The second kappa shape index (κ2) is 6.90. The first-order valence-corrected chi connectivity index (χ1v) is 11.2. The van der Waals surface area contributed by atoms with Gasteiger partial charge in [-0.2, -0.15) is 4.99 Å². The Morgan fingerprint density at radius 3 is 2.65 bits per heavy atom. The van der Waals surface area contributed by atoms with Crippen LogP contribution >= 0.6 is 22.7 Å². The second-order valence-corrected chi connectivity index (χ2v) is 9.98. The van der Waals surface area contributed by atoms with Gasteiger partial charge in [0.1, 0.15) is 4.88 Å². The number of thiazole rings is 2. The minimum atomic E-state index is -3.31. The SMILES string of the molecule is C=CCn1c(=NC(=O)c2sc(C)nc2C)sc2cc(S(C)(=O)=O)ccc21. The highest BCUT2D eigenvalue weighted by Gasteiger charge is 2.15. The normalized spacial score (nSPS) is 12.7.